The van der Waals surface area contributed by atoms with E-state index < -0.39 is 5.41 Å². The SMILES string of the molecule is COc1ccc(COC(=O)C(C)(C)C(C)C)cc1. The second kappa shape index (κ2) is 5.89. The maximum atomic E-state index is 12.0. The van der Waals surface area contributed by atoms with Gasteiger partial charge < -0.3 is 9.47 Å². The summed E-state index contributed by atoms with van der Waals surface area (Å²) in [6, 6.07) is 7.51. The number of hydrogen-bond donors (Lipinski definition) is 0. The predicted octanol–water partition coefficient (Wildman–Crippen LogP) is 3.42. The lowest BCUT2D eigenvalue weighted by Crippen LogP contribution is -2.31. The molecule has 0 amide bonds. The number of carbonyl (C=O) groups is 1. The minimum atomic E-state index is -0.452. The first-order valence-corrected chi connectivity index (χ1v) is 6.18. The van der Waals surface area contributed by atoms with E-state index in [0.717, 1.165) is 11.3 Å². The summed E-state index contributed by atoms with van der Waals surface area (Å²) in [6.07, 6.45) is 0. The Balaban J connectivity index is 2.57. The fourth-order valence-electron chi connectivity index (χ4n) is 1.29. The second-order valence-corrected chi connectivity index (χ2v) is 5.30. The fraction of sp³-hybridized carbons (Fsp3) is 0.533. The molecule has 0 N–H and O–H groups in total. The molecule has 0 heterocycles. The zero-order valence-electron chi connectivity index (χ0n) is 11.8. The molecule has 0 saturated heterocycles. The van der Waals surface area contributed by atoms with Crippen LogP contribution in [0.1, 0.15) is 33.3 Å². The van der Waals surface area contributed by atoms with Crippen LogP contribution in [0.25, 0.3) is 0 Å². The van der Waals surface area contributed by atoms with E-state index in [1.807, 2.05) is 52.0 Å². The van der Waals surface area contributed by atoms with Crippen molar-refractivity contribution in [2.24, 2.45) is 11.3 Å². The average Bonchev–Trinajstić information content (AvgIpc) is 2.36. The Hall–Kier alpha value is -1.51. The molecule has 1 aromatic rings. The first-order valence-electron chi connectivity index (χ1n) is 6.18. The van der Waals surface area contributed by atoms with E-state index in [2.05, 4.69) is 0 Å². The molecular weight excluding hydrogens is 228 g/mol. The summed E-state index contributed by atoms with van der Waals surface area (Å²) < 4.78 is 10.4. The van der Waals surface area contributed by atoms with Gasteiger partial charge in [0.25, 0.3) is 0 Å². The number of ether oxygens (including phenoxy) is 2. The summed E-state index contributed by atoms with van der Waals surface area (Å²) in [5.41, 5.74) is 0.510. The highest BCUT2D eigenvalue weighted by Gasteiger charge is 2.32. The number of methoxy groups -OCH3 is 1. The Morgan fingerprint density at radius 2 is 1.78 bits per heavy atom. The van der Waals surface area contributed by atoms with Crippen molar-refractivity contribution in [3.05, 3.63) is 29.8 Å². The number of esters is 1. The molecule has 0 aliphatic heterocycles. The van der Waals surface area contributed by atoms with E-state index in [1.54, 1.807) is 7.11 Å². The van der Waals surface area contributed by atoms with E-state index in [0.29, 0.717) is 6.61 Å². The molecule has 1 rings (SSSR count). The molecule has 3 nitrogen and oxygen atoms in total. The molecule has 18 heavy (non-hydrogen) atoms. The summed E-state index contributed by atoms with van der Waals surface area (Å²) in [6.45, 7) is 8.17. The lowest BCUT2D eigenvalue weighted by molar-refractivity contribution is -0.157. The Kier molecular flexibility index (Phi) is 4.76. The van der Waals surface area contributed by atoms with Crippen LogP contribution in [0.2, 0.25) is 0 Å². The van der Waals surface area contributed by atoms with Gasteiger partial charge in [0.2, 0.25) is 0 Å². The number of benzene rings is 1. The van der Waals surface area contributed by atoms with E-state index in [1.165, 1.54) is 0 Å². The van der Waals surface area contributed by atoms with Crippen LogP contribution < -0.4 is 4.74 Å². The van der Waals surface area contributed by atoms with Crippen LogP contribution >= 0.6 is 0 Å². The van der Waals surface area contributed by atoms with E-state index in [4.69, 9.17) is 9.47 Å². The van der Waals surface area contributed by atoms with Gasteiger partial charge in [-0.05, 0) is 37.5 Å². The Morgan fingerprint density at radius 1 is 1.22 bits per heavy atom. The van der Waals surface area contributed by atoms with Gasteiger partial charge in [0, 0.05) is 0 Å². The standard InChI is InChI=1S/C15H22O3/c1-11(2)15(3,4)14(16)18-10-12-6-8-13(17-5)9-7-12/h6-9,11H,10H2,1-5H3. The maximum Gasteiger partial charge on any atom is 0.312 e. The molecule has 100 valence electrons. The third kappa shape index (κ3) is 3.49. The molecule has 3 heteroatoms. The molecule has 1 aromatic carbocycles. The minimum Gasteiger partial charge on any atom is -0.497 e. The predicted molar refractivity (Wildman–Crippen MR) is 71.4 cm³/mol. The van der Waals surface area contributed by atoms with E-state index >= 15 is 0 Å². The van der Waals surface area contributed by atoms with Crippen molar-refractivity contribution < 1.29 is 14.3 Å². The largest absolute Gasteiger partial charge is 0.497 e. The van der Waals surface area contributed by atoms with Crippen molar-refractivity contribution in [2.75, 3.05) is 7.11 Å². The van der Waals surface area contributed by atoms with Gasteiger partial charge in [-0.1, -0.05) is 26.0 Å². The molecule has 0 radical (unpaired) electrons. The lowest BCUT2D eigenvalue weighted by atomic mass is 9.81. The first kappa shape index (κ1) is 14.6. The summed E-state index contributed by atoms with van der Waals surface area (Å²) >= 11 is 0. The first-order chi connectivity index (χ1) is 8.37. The molecular formula is C15H22O3. The van der Waals surface area contributed by atoms with Crippen molar-refractivity contribution in [2.45, 2.75) is 34.3 Å². The molecule has 0 spiro atoms. The van der Waals surface area contributed by atoms with Gasteiger partial charge in [0.15, 0.2) is 0 Å². The van der Waals surface area contributed by atoms with Crippen LogP contribution in [0.4, 0.5) is 0 Å². The molecule has 0 fully saturated rings. The van der Waals surface area contributed by atoms with Gasteiger partial charge in [0.1, 0.15) is 12.4 Å². The molecule has 0 bridgehead atoms. The minimum absolute atomic E-state index is 0.159. The maximum absolute atomic E-state index is 12.0. The van der Waals surface area contributed by atoms with Crippen molar-refractivity contribution in [1.29, 1.82) is 0 Å². The zero-order valence-corrected chi connectivity index (χ0v) is 11.8. The Morgan fingerprint density at radius 3 is 2.22 bits per heavy atom. The Labute approximate surface area is 109 Å². The molecule has 0 aliphatic carbocycles. The highest BCUT2D eigenvalue weighted by molar-refractivity contribution is 5.76. The van der Waals surface area contributed by atoms with Gasteiger partial charge in [-0.3, -0.25) is 4.79 Å². The van der Waals surface area contributed by atoms with Crippen LogP contribution in [-0.2, 0) is 16.1 Å². The molecule has 0 aromatic heterocycles. The number of carbonyl (C=O) groups excluding carboxylic acids is 1. The lowest BCUT2D eigenvalue weighted by Gasteiger charge is -2.26. The number of hydrogen-bond acceptors (Lipinski definition) is 3. The molecule has 0 atom stereocenters. The monoisotopic (exact) mass is 250 g/mol. The van der Waals surface area contributed by atoms with Gasteiger partial charge >= 0.3 is 5.97 Å². The van der Waals surface area contributed by atoms with Gasteiger partial charge in [-0.15, -0.1) is 0 Å². The van der Waals surface area contributed by atoms with Crippen molar-refractivity contribution >= 4 is 5.97 Å². The second-order valence-electron chi connectivity index (χ2n) is 5.30. The molecule has 0 saturated carbocycles. The summed E-state index contributed by atoms with van der Waals surface area (Å²) in [5, 5.41) is 0. The van der Waals surface area contributed by atoms with Crippen LogP contribution in [0.15, 0.2) is 24.3 Å². The Bertz CT molecular complexity index is 391. The van der Waals surface area contributed by atoms with Crippen molar-refractivity contribution in [1.82, 2.24) is 0 Å². The molecule has 0 unspecified atom stereocenters. The van der Waals surface area contributed by atoms with E-state index in [-0.39, 0.29) is 11.9 Å². The van der Waals surface area contributed by atoms with E-state index in [9.17, 15) is 4.79 Å². The van der Waals surface area contributed by atoms with Crippen LogP contribution in [0.3, 0.4) is 0 Å². The highest BCUT2D eigenvalue weighted by atomic mass is 16.5. The van der Waals surface area contributed by atoms with Gasteiger partial charge in [-0.25, -0.2) is 0 Å². The average molecular weight is 250 g/mol. The van der Waals surface area contributed by atoms with Crippen LogP contribution in [-0.4, -0.2) is 13.1 Å². The highest BCUT2D eigenvalue weighted by Crippen LogP contribution is 2.28. The third-order valence-electron chi connectivity index (χ3n) is 3.50. The topological polar surface area (TPSA) is 35.5 Å². The van der Waals surface area contributed by atoms with Crippen LogP contribution in [0.5, 0.6) is 5.75 Å². The smallest absolute Gasteiger partial charge is 0.312 e. The number of rotatable bonds is 5. The normalized spacial score (nSPS) is 11.4. The third-order valence-corrected chi connectivity index (χ3v) is 3.50. The van der Waals surface area contributed by atoms with Crippen molar-refractivity contribution in [3.63, 3.8) is 0 Å². The van der Waals surface area contributed by atoms with Crippen molar-refractivity contribution in [3.8, 4) is 5.75 Å². The van der Waals surface area contributed by atoms with Crippen LogP contribution in [0, 0.1) is 11.3 Å². The quantitative estimate of drug-likeness (QED) is 0.751. The van der Waals surface area contributed by atoms with Gasteiger partial charge in [0.05, 0.1) is 12.5 Å². The zero-order chi connectivity index (χ0) is 13.8. The summed E-state index contributed by atoms with van der Waals surface area (Å²) in [7, 11) is 1.63. The summed E-state index contributed by atoms with van der Waals surface area (Å²) in [4.78, 5) is 12.0. The van der Waals surface area contributed by atoms with Gasteiger partial charge in [-0.2, -0.15) is 0 Å². The summed E-state index contributed by atoms with van der Waals surface area (Å²) in [5.74, 6) is 0.891. The fourth-order valence-corrected chi connectivity index (χ4v) is 1.29. The molecule has 0 aliphatic rings.